The minimum absolute atomic E-state index is 0.105. The molecule has 0 radical (unpaired) electrons. The van der Waals surface area contributed by atoms with Gasteiger partial charge in [0.1, 0.15) is 5.75 Å². The van der Waals surface area contributed by atoms with Crippen LogP contribution in [0.3, 0.4) is 0 Å². The summed E-state index contributed by atoms with van der Waals surface area (Å²) in [5.41, 5.74) is 2.76. The summed E-state index contributed by atoms with van der Waals surface area (Å²) in [6.07, 6.45) is 5.57. The fourth-order valence-corrected chi connectivity index (χ4v) is 5.58. The molecule has 1 aliphatic rings. The first-order valence-electron chi connectivity index (χ1n) is 12.9. The molecule has 1 fully saturated rings. The lowest BCUT2D eigenvalue weighted by molar-refractivity contribution is 0.217. The van der Waals surface area contributed by atoms with Crippen molar-refractivity contribution in [1.82, 2.24) is 20.3 Å². The molecule has 2 aromatic heterocycles. The molecule has 0 amide bonds. The first kappa shape index (κ1) is 26.8. The number of hydrogen-bond donors (Lipinski definition) is 3. The van der Waals surface area contributed by atoms with E-state index >= 15 is 0 Å². The zero-order valence-electron chi connectivity index (χ0n) is 22.0. The zero-order valence-corrected chi connectivity index (χ0v) is 22.8. The first-order valence-corrected chi connectivity index (χ1v) is 14.5. The van der Waals surface area contributed by atoms with Crippen molar-refractivity contribution in [1.29, 1.82) is 0 Å². The third kappa shape index (κ3) is 6.44. The predicted octanol–water partition coefficient (Wildman–Crippen LogP) is 4.34. The highest BCUT2D eigenvalue weighted by molar-refractivity contribution is 7.92. The number of aryl methyl sites for hydroxylation is 1. The number of aromatic nitrogens is 3. The van der Waals surface area contributed by atoms with Gasteiger partial charge >= 0.3 is 0 Å². The SMILES string of the molecule is COCCS(=O)(=O)Nc1cccc2c(Oc3ncccc3-c3ccnc(N[C@H]4CCCNC4)n3)c(C)ccc12. The normalized spacial score (nSPS) is 15.7. The van der Waals surface area contributed by atoms with Crippen LogP contribution < -0.4 is 20.1 Å². The number of nitrogens with zero attached hydrogens (tertiary/aromatic N) is 3. The van der Waals surface area contributed by atoms with E-state index in [4.69, 9.17) is 14.5 Å². The average molecular weight is 549 g/mol. The van der Waals surface area contributed by atoms with Gasteiger partial charge in [-0.25, -0.2) is 23.4 Å². The quantitative estimate of drug-likeness (QED) is 0.265. The van der Waals surface area contributed by atoms with Crippen LogP contribution in [0.1, 0.15) is 18.4 Å². The number of rotatable bonds is 10. The van der Waals surface area contributed by atoms with Gasteiger partial charge in [0.05, 0.1) is 29.3 Å². The van der Waals surface area contributed by atoms with Gasteiger partial charge in [-0.1, -0.05) is 24.3 Å². The summed E-state index contributed by atoms with van der Waals surface area (Å²) in [5, 5.41) is 8.28. The molecule has 5 rings (SSSR count). The van der Waals surface area contributed by atoms with Crippen molar-refractivity contribution >= 4 is 32.4 Å². The molecule has 0 spiro atoms. The van der Waals surface area contributed by atoms with Crippen molar-refractivity contribution in [2.24, 2.45) is 0 Å². The molecule has 0 bridgehead atoms. The lowest BCUT2D eigenvalue weighted by atomic mass is 10.0. The molecule has 0 saturated carbocycles. The summed E-state index contributed by atoms with van der Waals surface area (Å²) in [4.78, 5) is 13.7. The van der Waals surface area contributed by atoms with Crippen LogP contribution in [-0.2, 0) is 14.8 Å². The Morgan fingerprint density at radius 2 is 1.95 bits per heavy atom. The van der Waals surface area contributed by atoms with E-state index in [1.165, 1.54) is 7.11 Å². The highest BCUT2D eigenvalue weighted by atomic mass is 32.2. The van der Waals surface area contributed by atoms with Crippen molar-refractivity contribution < 1.29 is 17.9 Å². The molecular formula is C28H32N6O4S. The maximum atomic E-state index is 12.5. The number of nitrogens with one attached hydrogen (secondary N) is 3. The molecule has 1 saturated heterocycles. The standard InChI is InChI=1S/C28H32N6O4S/c1-19-10-11-21-22(7-3-9-25(21)34-39(35,36)17-16-37-2)26(19)38-27-23(8-5-14-30-27)24-12-15-31-28(33-24)32-20-6-4-13-29-18-20/h3,5,7-12,14-15,20,29,34H,4,6,13,16-18H2,1-2H3,(H,31,32,33)/t20-/m0/s1. The van der Waals surface area contributed by atoms with Gasteiger partial charge in [0, 0.05) is 42.9 Å². The molecule has 3 N–H and O–H groups in total. The maximum Gasteiger partial charge on any atom is 0.235 e. The maximum absolute atomic E-state index is 12.5. The second-order valence-electron chi connectivity index (χ2n) is 9.44. The van der Waals surface area contributed by atoms with Crippen molar-refractivity contribution in [3.8, 4) is 22.9 Å². The number of methoxy groups -OCH3 is 1. The fraction of sp³-hybridized carbons (Fsp3) is 0.321. The molecule has 0 unspecified atom stereocenters. The number of sulfonamides is 1. The van der Waals surface area contributed by atoms with Gasteiger partial charge in [0.2, 0.25) is 21.9 Å². The lowest BCUT2D eigenvalue weighted by Gasteiger charge is -2.23. The number of fused-ring (bicyclic) bond motifs is 1. The highest BCUT2D eigenvalue weighted by Crippen LogP contribution is 2.38. The van der Waals surface area contributed by atoms with Crippen molar-refractivity contribution in [2.75, 3.05) is 42.6 Å². The minimum Gasteiger partial charge on any atom is -0.437 e. The lowest BCUT2D eigenvalue weighted by Crippen LogP contribution is -2.38. The fourth-order valence-electron chi connectivity index (χ4n) is 4.57. The van der Waals surface area contributed by atoms with E-state index in [0.29, 0.717) is 34.3 Å². The molecule has 4 aromatic rings. The van der Waals surface area contributed by atoms with Crippen molar-refractivity contribution in [3.05, 3.63) is 66.5 Å². The van der Waals surface area contributed by atoms with E-state index in [1.54, 1.807) is 24.5 Å². The number of hydrogen-bond acceptors (Lipinski definition) is 9. The number of pyridine rings is 1. The molecule has 1 atom stereocenters. The van der Waals surface area contributed by atoms with Crippen molar-refractivity contribution in [2.45, 2.75) is 25.8 Å². The largest absolute Gasteiger partial charge is 0.437 e. The monoisotopic (exact) mass is 548 g/mol. The predicted molar refractivity (Wildman–Crippen MR) is 153 cm³/mol. The molecule has 10 nitrogen and oxygen atoms in total. The van der Waals surface area contributed by atoms with Crippen LogP contribution in [0, 0.1) is 6.92 Å². The van der Waals surface area contributed by atoms with Gasteiger partial charge in [-0.15, -0.1) is 0 Å². The molecule has 1 aliphatic heterocycles. The summed E-state index contributed by atoms with van der Waals surface area (Å²) < 4.78 is 39.2. The molecule has 2 aromatic carbocycles. The third-order valence-electron chi connectivity index (χ3n) is 6.56. The summed E-state index contributed by atoms with van der Waals surface area (Å²) >= 11 is 0. The number of ether oxygens (including phenoxy) is 2. The summed E-state index contributed by atoms with van der Waals surface area (Å²) in [5.74, 6) is 1.40. The van der Waals surface area contributed by atoms with Gasteiger partial charge in [-0.05, 0) is 56.1 Å². The number of anilines is 2. The van der Waals surface area contributed by atoms with Crippen LogP contribution >= 0.6 is 0 Å². The molecule has 0 aliphatic carbocycles. The number of benzene rings is 2. The Kier molecular flexibility index (Phi) is 8.20. The van der Waals surface area contributed by atoms with E-state index in [1.807, 2.05) is 43.3 Å². The van der Waals surface area contributed by atoms with E-state index in [2.05, 4.69) is 25.3 Å². The topological polar surface area (TPSA) is 127 Å². The average Bonchev–Trinajstić information content (AvgIpc) is 2.94. The number of piperidine rings is 1. The third-order valence-corrected chi connectivity index (χ3v) is 7.80. The van der Waals surface area contributed by atoms with Crippen LogP contribution in [0.2, 0.25) is 0 Å². The van der Waals surface area contributed by atoms with E-state index in [0.717, 1.165) is 42.4 Å². The second kappa shape index (κ2) is 11.9. The van der Waals surface area contributed by atoms with Gasteiger partial charge in [0.15, 0.2) is 0 Å². The minimum atomic E-state index is -3.58. The van der Waals surface area contributed by atoms with Gasteiger partial charge < -0.3 is 20.1 Å². The highest BCUT2D eigenvalue weighted by Gasteiger charge is 2.18. The van der Waals surface area contributed by atoms with Gasteiger partial charge in [0.25, 0.3) is 0 Å². The van der Waals surface area contributed by atoms with E-state index < -0.39 is 10.0 Å². The summed E-state index contributed by atoms with van der Waals surface area (Å²) in [6, 6.07) is 15.1. The Morgan fingerprint density at radius 3 is 2.77 bits per heavy atom. The molecule has 3 heterocycles. The molecule has 204 valence electrons. The van der Waals surface area contributed by atoms with Gasteiger partial charge in [-0.3, -0.25) is 4.72 Å². The Hall–Kier alpha value is -3.80. The van der Waals surface area contributed by atoms with Crippen molar-refractivity contribution in [3.63, 3.8) is 0 Å². The van der Waals surface area contributed by atoms with Crippen LogP contribution in [0.15, 0.2) is 60.9 Å². The van der Waals surface area contributed by atoms with Crippen LogP contribution in [0.25, 0.3) is 22.0 Å². The Bertz CT molecular complexity index is 1560. The summed E-state index contributed by atoms with van der Waals surface area (Å²) in [6.45, 7) is 3.95. The Morgan fingerprint density at radius 1 is 1.05 bits per heavy atom. The second-order valence-corrected chi connectivity index (χ2v) is 11.3. The van der Waals surface area contributed by atoms with E-state index in [-0.39, 0.29) is 18.4 Å². The summed E-state index contributed by atoms with van der Waals surface area (Å²) in [7, 11) is -2.11. The van der Waals surface area contributed by atoms with Crippen LogP contribution in [-0.4, -0.2) is 62.0 Å². The molecule has 39 heavy (non-hydrogen) atoms. The van der Waals surface area contributed by atoms with Crippen LogP contribution in [0.4, 0.5) is 11.6 Å². The smallest absolute Gasteiger partial charge is 0.235 e. The Labute approximate surface area is 228 Å². The molecule has 11 heteroatoms. The zero-order chi connectivity index (χ0) is 27.2. The molecular weight excluding hydrogens is 516 g/mol. The van der Waals surface area contributed by atoms with Crippen LogP contribution in [0.5, 0.6) is 11.6 Å². The Balaban J connectivity index is 1.47. The van der Waals surface area contributed by atoms with Gasteiger partial charge in [-0.2, -0.15) is 0 Å². The first-order chi connectivity index (χ1) is 18.9. The van der Waals surface area contributed by atoms with E-state index in [9.17, 15) is 8.42 Å².